The van der Waals surface area contributed by atoms with E-state index in [-0.39, 0.29) is 5.92 Å². The van der Waals surface area contributed by atoms with E-state index in [1.54, 1.807) is 0 Å². The average molecular weight is 228 g/mol. The summed E-state index contributed by atoms with van der Waals surface area (Å²) in [7, 11) is 0. The van der Waals surface area contributed by atoms with E-state index in [1.165, 1.54) is 32.1 Å². The number of carbonyl (C=O) groups is 1. The van der Waals surface area contributed by atoms with E-state index >= 15 is 0 Å². The van der Waals surface area contributed by atoms with Crippen molar-refractivity contribution in [2.75, 3.05) is 19.0 Å². The standard InChI is InChI=1S/C12H20O2S/c13-12(10-6-7-14-8-10)9-15-11-4-2-1-3-5-11/h10-11H,1-9H2. The van der Waals surface area contributed by atoms with E-state index in [9.17, 15) is 4.79 Å². The molecule has 1 heterocycles. The number of rotatable bonds is 4. The molecule has 15 heavy (non-hydrogen) atoms. The summed E-state index contributed by atoms with van der Waals surface area (Å²) in [6.45, 7) is 1.45. The molecule has 0 amide bonds. The number of carbonyl (C=O) groups excluding carboxylic acids is 1. The van der Waals surface area contributed by atoms with Crippen molar-refractivity contribution in [2.45, 2.75) is 43.8 Å². The summed E-state index contributed by atoms with van der Waals surface area (Å²) in [5.41, 5.74) is 0. The molecule has 0 spiro atoms. The van der Waals surface area contributed by atoms with Gasteiger partial charge >= 0.3 is 0 Å². The fourth-order valence-corrected chi connectivity index (χ4v) is 3.64. The molecular formula is C12H20O2S. The van der Waals surface area contributed by atoms with Gasteiger partial charge in [-0.3, -0.25) is 4.79 Å². The highest BCUT2D eigenvalue weighted by molar-refractivity contribution is 8.00. The van der Waals surface area contributed by atoms with Crippen LogP contribution in [0.3, 0.4) is 0 Å². The van der Waals surface area contributed by atoms with E-state index in [1.807, 2.05) is 11.8 Å². The van der Waals surface area contributed by atoms with Gasteiger partial charge in [0.15, 0.2) is 0 Å². The monoisotopic (exact) mass is 228 g/mol. The Morgan fingerprint density at radius 1 is 1.20 bits per heavy atom. The van der Waals surface area contributed by atoms with Crippen molar-refractivity contribution in [1.82, 2.24) is 0 Å². The molecule has 0 bridgehead atoms. The molecule has 86 valence electrons. The molecule has 0 aromatic heterocycles. The maximum atomic E-state index is 11.8. The minimum atomic E-state index is 0.209. The first kappa shape index (κ1) is 11.5. The predicted molar refractivity (Wildman–Crippen MR) is 63.3 cm³/mol. The lowest BCUT2D eigenvalue weighted by atomic mass is 10.0. The van der Waals surface area contributed by atoms with E-state index in [2.05, 4.69) is 0 Å². The van der Waals surface area contributed by atoms with Gasteiger partial charge in [0.1, 0.15) is 5.78 Å². The number of hydrogen-bond acceptors (Lipinski definition) is 3. The lowest BCUT2D eigenvalue weighted by molar-refractivity contribution is -0.120. The second-order valence-electron chi connectivity index (χ2n) is 4.60. The van der Waals surface area contributed by atoms with Crippen LogP contribution in [-0.2, 0) is 9.53 Å². The van der Waals surface area contributed by atoms with Crippen LogP contribution in [0.1, 0.15) is 38.5 Å². The van der Waals surface area contributed by atoms with Crippen molar-refractivity contribution in [1.29, 1.82) is 0 Å². The van der Waals surface area contributed by atoms with Crippen LogP contribution in [0.25, 0.3) is 0 Å². The number of ketones is 1. The third-order valence-electron chi connectivity index (χ3n) is 3.40. The highest BCUT2D eigenvalue weighted by Crippen LogP contribution is 2.29. The van der Waals surface area contributed by atoms with E-state index < -0.39 is 0 Å². The van der Waals surface area contributed by atoms with Gasteiger partial charge in [-0.1, -0.05) is 19.3 Å². The topological polar surface area (TPSA) is 26.3 Å². The number of ether oxygens (including phenoxy) is 1. The second kappa shape index (κ2) is 5.90. The van der Waals surface area contributed by atoms with Crippen molar-refractivity contribution in [2.24, 2.45) is 5.92 Å². The lowest BCUT2D eigenvalue weighted by Gasteiger charge is -2.21. The summed E-state index contributed by atoms with van der Waals surface area (Å²) in [6.07, 6.45) is 7.69. The number of Topliss-reactive ketones (excluding diaryl/α,β-unsaturated/α-hetero) is 1. The van der Waals surface area contributed by atoms with Crippen molar-refractivity contribution < 1.29 is 9.53 Å². The van der Waals surface area contributed by atoms with Gasteiger partial charge in [-0.25, -0.2) is 0 Å². The lowest BCUT2D eigenvalue weighted by Crippen LogP contribution is -2.19. The first-order valence-corrected chi connectivity index (χ1v) is 7.13. The minimum Gasteiger partial charge on any atom is -0.381 e. The molecule has 2 aliphatic rings. The normalized spacial score (nSPS) is 28.1. The van der Waals surface area contributed by atoms with Gasteiger partial charge in [0.2, 0.25) is 0 Å². The van der Waals surface area contributed by atoms with Crippen LogP contribution < -0.4 is 0 Å². The molecule has 1 aliphatic heterocycles. The zero-order valence-electron chi connectivity index (χ0n) is 9.24. The fourth-order valence-electron chi connectivity index (χ4n) is 2.34. The molecule has 0 aromatic carbocycles. The predicted octanol–water partition coefficient (Wildman–Crippen LogP) is 2.66. The maximum Gasteiger partial charge on any atom is 0.148 e. The third kappa shape index (κ3) is 3.49. The van der Waals surface area contributed by atoms with Crippen LogP contribution in [0.15, 0.2) is 0 Å². The Labute approximate surface area is 96.1 Å². The molecular weight excluding hydrogens is 208 g/mol. The SMILES string of the molecule is O=C(CSC1CCCCC1)C1CCOC1. The molecule has 2 nitrogen and oxygen atoms in total. The van der Waals surface area contributed by atoms with Gasteiger partial charge in [0.05, 0.1) is 12.4 Å². The molecule has 0 aromatic rings. The quantitative estimate of drug-likeness (QED) is 0.740. The highest BCUT2D eigenvalue weighted by Gasteiger charge is 2.24. The highest BCUT2D eigenvalue weighted by atomic mass is 32.2. The van der Waals surface area contributed by atoms with Crippen LogP contribution in [0, 0.1) is 5.92 Å². The Morgan fingerprint density at radius 2 is 2.00 bits per heavy atom. The average Bonchev–Trinajstić information content (AvgIpc) is 2.81. The van der Waals surface area contributed by atoms with Gasteiger partial charge in [-0.2, -0.15) is 11.8 Å². The Balaban J connectivity index is 1.65. The van der Waals surface area contributed by atoms with Gasteiger partial charge in [0, 0.05) is 17.8 Å². The summed E-state index contributed by atoms with van der Waals surface area (Å²) in [6, 6.07) is 0. The largest absolute Gasteiger partial charge is 0.381 e. The summed E-state index contributed by atoms with van der Waals surface area (Å²) in [5.74, 6) is 1.35. The molecule has 1 unspecified atom stereocenters. The van der Waals surface area contributed by atoms with Crippen molar-refractivity contribution >= 4 is 17.5 Å². The molecule has 2 rings (SSSR count). The summed E-state index contributed by atoms with van der Waals surface area (Å²) >= 11 is 1.89. The van der Waals surface area contributed by atoms with Crippen LogP contribution in [-0.4, -0.2) is 30.0 Å². The van der Waals surface area contributed by atoms with Crippen LogP contribution >= 0.6 is 11.8 Å². The van der Waals surface area contributed by atoms with Gasteiger partial charge in [-0.15, -0.1) is 0 Å². The van der Waals surface area contributed by atoms with Crippen LogP contribution in [0.5, 0.6) is 0 Å². The Kier molecular flexibility index (Phi) is 4.51. The Bertz CT molecular complexity index is 206. The zero-order chi connectivity index (χ0) is 10.5. The molecule has 1 saturated heterocycles. The van der Waals surface area contributed by atoms with E-state index in [0.29, 0.717) is 12.4 Å². The van der Waals surface area contributed by atoms with Gasteiger partial charge in [0.25, 0.3) is 0 Å². The zero-order valence-corrected chi connectivity index (χ0v) is 10.1. The summed E-state index contributed by atoms with van der Waals surface area (Å²) in [5, 5.41) is 0.755. The first-order valence-electron chi connectivity index (χ1n) is 6.08. The number of hydrogen-bond donors (Lipinski definition) is 0. The van der Waals surface area contributed by atoms with Crippen molar-refractivity contribution in [3.63, 3.8) is 0 Å². The van der Waals surface area contributed by atoms with E-state index in [0.717, 1.165) is 24.0 Å². The third-order valence-corrected chi connectivity index (χ3v) is 4.79. The smallest absolute Gasteiger partial charge is 0.148 e. The molecule has 1 saturated carbocycles. The maximum absolute atomic E-state index is 11.8. The van der Waals surface area contributed by atoms with Crippen molar-refractivity contribution in [3.8, 4) is 0 Å². The van der Waals surface area contributed by atoms with E-state index in [4.69, 9.17) is 4.74 Å². The minimum absolute atomic E-state index is 0.209. The fraction of sp³-hybridized carbons (Fsp3) is 0.917. The Morgan fingerprint density at radius 3 is 2.67 bits per heavy atom. The van der Waals surface area contributed by atoms with Crippen LogP contribution in [0.4, 0.5) is 0 Å². The second-order valence-corrected chi connectivity index (χ2v) is 5.89. The number of thioether (sulfide) groups is 1. The molecule has 2 fully saturated rings. The Hall–Kier alpha value is -0.0200. The van der Waals surface area contributed by atoms with Crippen molar-refractivity contribution in [3.05, 3.63) is 0 Å². The molecule has 0 radical (unpaired) electrons. The summed E-state index contributed by atoms with van der Waals surface area (Å²) in [4.78, 5) is 11.8. The van der Waals surface area contributed by atoms with Crippen LogP contribution in [0.2, 0.25) is 0 Å². The summed E-state index contributed by atoms with van der Waals surface area (Å²) < 4.78 is 5.24. The van der Waals surface area contributed by atoms with Gasteiger partial charge < -0.3 is 4.74 Å². The van der Waals surface area contributed by atoms with Gasteiger partial charge in [-0.05, 0) is 19.3 Å². The molecule has 0 N–H and O–H groups in total. The molecule has 1 atom stereocenters. The first-order chi connectivity index (χ1) is 7.36. The molecule has 3 heteroatoms. The molecule has 1 aliphatic carbocycles.